The van der Waals surface area contributed by atoms with Crippen LogP contribution in [0.4, 0.5) is 4.39 Å². The molecule has 4 aliphatic rings. The van der Waals surface area contributed by atoms with Crippen LogP contribution in [0, 0.1) is 11.7 Å². The van der Waals surface area contributed by atoms with Gasteiger partial charge in [-0.2, -0.15) is 5.10 Å². The predicted molar refractivity (Wildman–Crippen MR) is 76.3 cm³/mol. The van der Waals surface area contributed by atoms with Crippen molar-refractivity contribution in [3.05, 3.63) is 35.6 Å². The highest BCUT2D eigenvalue weighted by molar-refractivity contribution is 5.95. The Morgan fingerprint density at radius 2 is 1.95 bits per heavy atom. The number of halogens is 1. The highest BCUT2D eigenvalue weighted by atomic mass is 19.1. The summed E-state index contributed by atoms with van der Waals surface area (Å²) in [5, 5.41) is 6.28. The van der Waals surface area contributed by atoms with Crippen molar-refractivity contribution in [1.82, 2.24) is 5.01 Å². The topological polar surface area (TPSA) is 37.1 Å². The summed E-state index contributed by atoms with van der Waals surface area (Å²) in [6.07, 6.45) is 2.35. The van der Waals surface area contributed by atoms with Crippen LogP contribution >= 0.6 is 0 Å². The molecule has 3 fully saturated rings. The number of nitrogens with zero attached hydrogens (tertiary/aromatic N) is 2. The van der Waals surface area contributed by atoms with Gasteiger partial charge in [0.15, 0.2) is 6.04 Å². The van der Waals surface area contributed by atoms with Gasteiger partial charge in [-0.1, -0.05) is 12.1 Å². The van der Waals surface area contributed by atoms with Gasteiger partial charge in [0.05, 0.1) is 13.1 Å². The van der Waals surface area contributed by atoms with Gasteiger partial charge in [0.1, 0.15) is 17.6 Å². The standard InChI is InChI=1S/C16H18FN3O/c1-10(21)20-15(12-2-4-13(17)5-3-12)16-14(18-20)11-6-8-19(16)9-7-11/h2-5,11,15-16H,6-9H2,1H3/p+1/t15-,16-/m1/s1. The Balaban J connectivity index is 1.77. The van der Waals surface area contributed by atoms with Crippen LogP contribution in [0.1, 0.15) is 31.4 Å². The molecule has 1 amide bonds. The van der Waals surface area contributed by atoms with E-state index in [1.165, 1.54) is 35.6 Å². The van der Waals surface area contributed by atoms with Crippen LogP contribution in [0.15, 0.2) is 29.4 Å². The third-order valence-corrected chi connectivity index (χ3v) is 5.14. The highest BCUT2D eigenvalue weighted by Gasteiger charge is 2.53. The molecule has 110 valence electrons. The zero-order valence-corrected chi connectivity index (χ0v) is 12.1. The molecule has 4 heterocycles. The lowest BCUT2D eigenvalue weighted by molar-refractivity contribution is -0.927. The quantitative estimate of drug-likeness (QED) is 0.814. The molecule has 1 aromatic carbocycles. The van der Waals surface area contributed by atoms with Crippen LogP contribution in [0.2, 0.25) is 0 Å². The summed E-state index contributed by atoms with van der Waals surface area (Å²) in [6.45, 7) is 3.86. The Labute approximate surface area is 123 Å². The van der Waals surface area contributed by atoms with E-state index in [9.17, 15) is 9.18 Å². The fourth-order valence-electron chi connectivity index (χ4n) is 4.17. The lowest BCUT2D eigenvalue weighted by Crippen LogP contribution is -3.20. The second-order valence-electron chi connectivity index (χ2n) is 6.30. The van der Waals surface area contributed by atoms with Crippen molar-refractivity contribution < 1.29 is 14.1 Å². The number of amides is 1. The van der Waals surface area contributed by atoms with Crippen molar-refractivity contribution in [3.63, 3.8) is 0 Å². The molecule has 4 aliphatic heterocycles. The summed E-state index contributed by atoms with van der Waals surface area (Å²) in [7, 11) is 0. The average Bonchev–Trinajstić information content (AvgIpc) is 2.92. The molecule has 0 aromatic heterocycles. The summed E-state index contributed by atoms with van der Waals surface area (Å²) in [5.41, 5.74) is 2.17. The maximum absolute atomic E-state index is 13.2. The molecule has 2 bridgehead atoms. The molecular formula is C16H19FN3O+. The number of nitrogens with one attached hydrogen (secondary N) is 1. The third-order valence-electron chi connectivity index (χ3n) is 5.14. The van der Waals surface area contributed by atoms with Crippen LogP contribution in [-0.2, 0) is 4.79 Å². The first-order chi connectivity index (χ1) is 10.1. The lowest BCUT2D eigenvalue weighted by Gasteiger charge is -2.42. The van der Waals surface area contributed by atoms with Crippen LogP contribution in [-0.4, -0.2) is 35.8 Å². The van der Waals surface area contributed by atoms with E-state index < -0.39 is 0 Å². The van der Waals surface area contributed by atoms with Gasteiger partial charge in [-0.05, 0) is 17.7 Å². The fraction of sp³-hybridized carbons (Fsp3) is 0.500. The number of quaternary nitrogens is 1. The van der Waals surface area contributed by atoms with Crippen LogP contribution in [0.3, 0.4) is 0 Å². The Bertz CT molecular complexity index is 604. The van der Waals surface area contributed by atoms with Gasteiger partial charge < -0.3 is 4.90 Å². The first kappa shape index (κ1) is 13.0. The summed E-state index contributed by atoms with van der Waals surface area (Å²) in [4.78, 5) is 13.5. The van der Waals surface area contributed by atoms with Crippen molar-refractivity contribution in [1.29, 1.82) is 0 Å². The van der Waals surface area contributed by atoms with Crippen molar-refractivity contribution in [3.8, 4) is 0 Å². The second kappa shape index (κ2) is 4.63. The summed E-state index contributed by atoms with van der Waals surface area (Å²) < 4.78 is 13.2. The summed E-state index contributed by atoms with van der Waals surface area (Å²) >= 11 is 0. The second-order valence-corrected chi connectivity index (χ2v) is 6.30. The number of benzene rings is 1. The number of hydrogen-bond donors (Lipinski definition) is 1. The molecule has 0 spiro atoms. The first-order valence-corrected chi connectivity index (χ1v) is 7.63. The number of hydrazone groups is 1. The number of carbonyl (C=O) groups is 1. The van der Waals surface area contributed by atoms with Gasteiger partial charge in [-0.3, -0.25) is 4.79 Å². The minimum Gasteiger partial charge on any atom is -0.326 e. The minimum atomic E-state index is -0.245. The SMILES string of the molecule is CC(=O)N1N=C2C3CC[NH+](CC3)[C@H]2[C@H]1c1ccc(F)cc1. The van der Waals surface area contributed by atoms with Gasteiger partial charge in [-0.25, -0.2) is 9.40 Å². The number of rotatable bonds is 1. The molecule has 0 aliphatic carbocycles. The average molecular weight is 288 g/mol. The minimum absolute atomic E-state index is 0.0359. The highest BCUT2D eigenvalue weighted by Crippen LogP contribution is 2.36. The van der Waals surface area contributed by atoms with Crippen LogP contribution in [0.25, 0.3) is 0 Å². The fourth-order valence-corrected chi connectivity index (χ4v) is 4.17. The molecule has 0 radical (unpaired) electrons. The third kappa shape index (κ3) is 1.91. The van der Waals surface area contributed by atoms with Crippen molar-refractivity contribution in [2.75, 3.05) is 13.1 Å². The van der Waals surface area contributed by atoms with E-state index in [1.807, 2.05) is 0 Å². The molecule has 4 nitrogen and oxygen atoms in total. The van der Waals surface area contributed by atoms with E-state index in [0.29, 0.717) is 5.92 Å². The zero-order chi connectivity index (χ0) is 14.6. The Hall–Kier alpha value is -1.75. The molecule has 0 unspecified atom stereocenters. The Kier molecular flexibility index (Phi) is 2.85. The molecule has 5 rings (SSSR count). The predicted octanol–water partition coefficient (Wildman–Crippen LogP) is 0.762. The van der Waals surface area contributed by atoms with Crippen molar-refractivity contribution >= 4 is 11.6 Å². The van der Waals surface area contributed by atoms with Crippen LogP contribution < -0.4 is 4.90 Å². The number of hydrogen-bond acceptors (Lipinski definition) is 2. The largest absolute Gasteiger partial charge is 0.326 e. The van der Waals surface area contributed by atoms with Crippen LogP contribution in [0.5, 0.6) is 0 Å². The van der Waals surface area contributed by atoms with E-state index in [4.69, 9.17) is 0 Å². The molecule has 1 N–H and O–H groups in total. The maximum Gasteiger partial charge on any atom is 0.240 e. The van der Waals surface area contributed by atoms with Crippen molar-refractivity contribution in [2.24, 2.45) is 11.0 Å². The molecule has 2 atom stereocenters. The lowest BCUT2D eigenvalue weighted by atomic mass is 9.78. The van der Waals surface area contributed by atoms with Crippen molar-refractivity contribution in [2.45, 2.75) is 31.8 Å². The Morgan fingerprint density at radius 1 is 1.29 bits per heavy atom. The monoisotopic (exact) mass is 288 g/mol. The molecule has 21 heavy (non-hydrogen) atoms. The van der Waals surface area contributed by atoms with E-state index in [1.54, 1.807) is 24.1 Å². The number of piperidine rings is 3. The van der Waals surface area contributed by atoms with E-state index in [-0.39, 0.29) is 23.8 Å². The number of carbonyl (C=O) groups excluding carboxylic acids is 1. The maximum atomic E-state index is 13.2. The summed E-state index contributed by atoms with van der Waals surface area (Å²) in [6, 6.07) is 6.70. The van der Waals surface area contributed by atoms with E-state index in [0.717, 1.165) is 18.7 Å². The van der Waals surface area contributed by atoms with E-state index in [2.05, 4.69) is 5.10 Å². The molecule has 1 aromatic rings. The Morgan fingerprint density at radius 3 is 2.57 bits per heavy atom. The first-order valence-electron chi connectivity index (χ1n) is 7.63. The smallest absolute Gasteiger partial charge is 0.240 e. The molecule has 3 saturated heterocycles. The normalized spacial score (nSPS) is 33.8. The van der Waals surface area contributed by atoms with Gasteiger partial charge in [0, 0.05) is 25.7 Å². The van der Waals surface area contributed by atoms with Gasteiger partial charge in [0.2, 0.25) is 5.91 Å². The molecular weight excluding hydrogens is 269 g/mol. The van der Waals surface area contributed by atoms with Gasteiger partial charge in [0.25, 0.3) is 0 Å². The van der Waals surface area contributed by atoms with Gasteiger partial charge in [-0.15, -0.1) is 0 Å². The molecule has 0 saturated carbocycles. The van der Waals surface area contributed by atoms with E-state index >= 15 is 0 Å². The summed E-state index contributed by atoms with van der Waals surface area (Å²) in [5.74, 6) is 0.246. The van der Waals surface area contributed by atoms with Gasteiger partial charge >= 0.3 is 0 Å². The molecule has 5 heteroatoms. The zero-order valence-electron chi connectivity index (χ0n) is 12.1. The number of fused-ring (bicyclic) bond motifs is 2.